The molecule has 0 aliphatic rings. The molecule has 0 heterocycles. The Balaban J connectivity index is 1.96. The molecule has 3 rings (SSSR count). The van der Waals surface area contributed by atoms with Crippen LogP contribution in [-0.2, 0) is 5.41 Å². The van der Waals surface area contributed by atoms with Crippen molar-refractivity contribution >= 4 is 35.8 Å². The van der Waals surface area contributed by atoms with Crippen LogP contribution in [0.15, 0.2) is 84.9 Å². The molecule has 0 amide bonds. The molecule has 30 heavy (non-hydrogen) atoms. The minimum absolute atomic E-state index is 0.0589. The molecule has 3 aromatic carbocycles. The molecular weight excluding hydrogens is 493 g/mol. The van der Waals surface area contributed by atoms with Crippen molar-refractivity contribution in [1.82, 2.24) is 0 Å². The van der Waals surface area contributed by atoms with Crippen LogP contribution in [-0.4, -0.2) is 4.29 Å². The predicted molar refractivity (Wildman–Crippen MR) is 145 cm³/mol. The Morgan fingerprint density at radius 2 is 1.27 bits per heavy atom. The van der Waals surface area contributed by atoms with E-state index in [1.807, 2.05) is 0 Å². The first-order chi connectivity index (χ1) is 14.2. The van der Waals surface area contributed by atoms with Gasteiger partial charge in [-0.3, -0.25) is 0 Å². The highest BCUT2D eigenvalue weighted by Crippen LogP contribution is 2.44. The van der Waals surface area contributed by atoms with E-state index in [9.17, 15) is 0 Å². The minimum Gasteiger partial charge on any atom is -0.329 e. The number of hydrogen-bond donors (Lipinski definition) is 0. The lowest BCUT2D eigenvalue weighted by molar-refractivity contribution is 0.329. The highest BCUT2D eigenvalue weighted by atomic mass is 127. The summed E-state index contributed by atoms with van der Waals surface area (Å²) in [5.74, 6) is 1.31. The number of halogens is 1. The zero-order valence-corrected chi connectivity index (χ0v) is 21.7. The molecule has 0 aliphatic heterocycles. The first-order valence-corrected chi connectivity index (χ1v) is 12.4. The van der Waals surface area contributed by atoms with Crippen molar-refractivity contribution in [3.63, 3.8) is 0 Å². The van der Waals surface area contributed by atoms with Gasteiger partial charge >= 0.3 is 0 Å². The predicted octanol–water partition coefficient (Wildman–Crippen LogP) is 7.94. The Morgan fingerprint density at radius 3 is 1.80 bits per heavy atom. The third kappa shape index (κ3) is 5.71. The number of hydrogen-bond acceptors (Lipinski definition) is 0. The van der Waals surface area contributed by atoms with E-state index in [-0.39, 0.29) is 10.8 Å². The molecule has 156 valence electrons. The maximum atomic E-state index is 2.90. The van der Waals surface area contributed by atoms with Crippen LogP contribution in [0.5, 0.6) is 0 Å². The van der Waals surface area contributed by atoms with E-state index >= 15 is 0 Å². The van der Waals surface area contributed by atoms with Gasteiger partial charge in [0.2, 0.25) is 0 Å². The molecule has 0 nitrogen and oxygen atoms in total. The minimum atomic E-state index is -0.0589. The van der Waals surface area contributed by atoms with Crippen LogP contribution in [0.25, 0.3) is 0 Å². The van der Waals surface area contributed by atoms with Crippen LogP contribution in [0.4, 0.5) is 0 Å². The lowest BCUT2D eigenvalue weighted by atomic mass is 9.63. The molecule has 0 bridgehead atoms. The van der Waals surface area contributed by atoms with E-state index in [2.05, 4.69) is 150 Å². The first kappa shape index (κ1) is 23.4. The van der Waals surface area contributed by atoms with Gasteiger partial charge in [-0.25, -0.2) is 0 Å². The summed E-state index contributed by atoms with van der Waals surface area (Å²) in [6.07, 6.45) is 3.50. The standard InChI is InChI=1S/C27H31BIP/c1-21(22-11-7-5-8-12-22)23-15-17-25(18-16-23)27(4,24-13-9-6-10-14-24)19-26(2,3)20-28(29)30/h5-18,20H,19,30H2,1-4H3/q-2. The Bertz CT molecular complexity index is 922. The van der Waals surface area contributed by atoms with Crippen LogP contribution >= 0.6 is 31.5 Å². The molecule has 0 saturated heterocycles. The summed E-state index contributed by atoms with van der Waals surface area (Å²) < 4.78 is 0.461. The zero-order chi connectivity index (χ0) is 21.8. The highest BCUT2D eigenvalue weighted by molar-refractivity contribution is 14.1. The lowest BCUT2D eigenvalue weighted by Crippen LogP contribution is -2.32. The highest BCUT2D eigenvalue weighted by Gasteiger charge is 2.32. The summed E-state index contributed by atoms with van der Waals surface area (Å²) in [4.78, 5) is 0. The van der Waals surface area contributed by atoms with Gasteiger partial charge in [0.1, 0.15) is 0 Å². The van der Waals surface area contributed by atoms with E-state index in [0.717, 1.165) is 6.42 Å². The average Bonchev–Trinajstić information content (AvgIpc) is 2.73. The lowest BCUT2D eigenvalue weighted by Gasteiger charge is -2.45. The van der Waals surface area contributed by atoms with Crippen molar-refractivity contribution < 1.29 is 0 Å². The molecule has 0 spiro atoms. The van der Waals surface area contributed by atoms with Gasteiger partial charge in [0.15, 0.2) is 0 Å². The quantitative estimate of drug-likeness (QED) is 0.122. The van der Waals surface area contributed by atoms with Gasteiger partial charge in [0.05, 0.1) is 4.29 Å². The fourth-order valence-electron chi connectivity index (χ4n) is 4.52. The summed E-state index contributed by atoms with van der Waals surface area (Å²) in [6, 6.07) is 30.8. The monoisotopic (exact) mass is 524 g/mol. The number of benzene rings is 3. The second kappa shape index (κ2) is 9.92. The molecule has 0 radical (unpaired) electrons. The molecule has 0 aliphatic carbocycles. The summed E-state index contributed by atoms with van der Waals surface area (Å²) in [6.45, 7) is 9.31. The molecule has 0 aromatic heterocycles. The Morgan fingerprint density at radius 1 is 0.800 bits per heavy atom. The second-order valence-corrected chi connectivity index (χ2v) is 12.6. The molecule has 2 atom stereocenters. The molecule has 0 N–H and O–H groups in total. The van der Waals surface area contributed by atoms with Gasteiger partial charge < -0.3 is 6.32 Å². The van der Waals surface area contributed by atoms with E-state index < -0.39 is 0 Å². The van der Waals surface area contributed by atoms with Crippen molar-refractivity contribution in [1.29, 1.82) is 0 Å². The smallest absolute Gasteiger partial charge is 0.0768 e. The number of rotatable bonds is 8. The van der Waals surface area contributed by atoms with Crippen molar-refractivity contribution in [2.75, 3.05) is 0 Å². The van der Waals surface area contributed by atoms with Crippen LogP contribution in [0.3, 0.4) is 0 Å². The van der Waals surface area contributed by atoms with Gasteiger partial charge in [-0.15, -0.1) is 41.3 Å². The normalized spacial score (nSPS) is 13.5. The van der Waals surface area contributed by atoms with Crippen molar-refractivity contribution in [2.45, 2.75) is 39.5 Å². The van der Waals surface area contributed by atoms with E-state index in [4.69, 9.17) is 0 Å². The molecule has 3 aromatic rings. The van der Waals surface area contributed by atoms with Crippen LogP contribution < -0.4 is 0 Å². The third-order valence-electron chi connectivity index (χ3n) is 5.99. The topological polar surface area (TPSA) is 0 Å². The fourth-order valence-corrected chi connectivity index (χ4v) is 6.02. The maximum absolute atomic E-state index is 2.90. The van der Waals surface area contributed by atoms with E-state index in [1.165, 1.54) is 28.2 Å². The van der Waals surface area contributed by atoms with Crippen molar-refractivity contribution in [3.8, 4) is 0 Å². The SMILES string of the molecule is C[C-](c1ccccc1)c1ccc(C(C)(CC(C)(C)[CH-]B(P)I)c2ccccc2)cc1. The van der Waals surface area contributed by atoms with Crippen LogP contribution in [0.1, 0.15) is 56.4 Å². The van der Waals surface area contributed by atoms with Crippen LogP contribution in [0, 0.1) is 17.7 Å². The summed E-state index contributed by atoms with van der Waals surface area (Å²) in [5.41, 5.74) is 5.36. The van der Waals surface area contributed by atoms with E-state index in [0.29, 0.717) is 4.29 Å². The Kier molecular flexibility index (Phi) is 7.74. The molecule has 3 heteroatoms. The molecule has 0 fully saturated rings. The Hall–Kier alpha value is -1.25. The summed E-state index contributed by atoms with van der Waals surface area (Å²) in [5, 5.41) is 0. The second-order valence-electron chi connectivity index (χ2n) is 9.04. The molecule has 2 unspecified atom stereocenters. The summed E-state index contributed by atoms with van der Waals surface area (Å²) in [7, 11) is 2.90. The first-order valence-electron chi connectivity index (χ1n) is 10.5. The Labute approximate surface area is 199 Å². The van der Waals surface area contributed by atoms with Crippen LogP contribution in [0.2, 0.25) is 0 Å². The van der Waals surface area contributed by atoms with Gasteiger partial charge in [-0.2, -0.15) is 36.9 Å². The van der Waals surface area contributed by atoms with Crippen molar-refractivity contribution in [3.05, 3.63) is 119 Å². The van der Waals surface area contributed by atoms with Gasteiger partial charge in [0, 0.05) is 5.41 Å². The maximum Gasteiger partial charge on any atom is 0.0768 e. The van der Waals surface area contributed by atoms with Gasteiger partial charge in [-0.05, 0) is 5.56 Å². The zero-order valence-electron chi connectivity index (χ0n) is 18.4. The average molecular weight is 524 g/mol. The van der Waals surface area contributed by atoms with Gasteiger partial charge in [-0.1, -0.05) is 100 Å². The fraction of sp³-hybridized carbons (Fsp3) is 0.259. The molecular formula is C27H31BIP-2. The third-order valence-corrected chi connectivity index (χ3v) is 6.54. The summed E-state index contributed by atoms with van der Waals surface area (Å²) >= 11 is 2.47. The van der Waals surface area contributed by atoms with Gasteiger partial charge in [0.25, 0.3) is 0 Å². The largest absolute Gasteiger partial charge is 0.329 e. The molecule has 0 saturated carbocycles. The van der Waals surface area contributed by atoms with Crippen molar-refractivity contribution in [2.24, 2.45) is 5.41 Å². The van der Waals surface area contributed by atoms with E-state index in [1.54, 1.807) is 0 Å².